The second kappa shape index (κ2) is 3.88. The molecule has 0 amide bonds. The summed E-state index contributed by atoms with van der Waals surface area (Å²) in [5, 5.41) is 0. The highest BCUT2D eigenvalue weighted by Crippen LogP contribution is 2.31. The van der Waals surface area contributed by atoms with Gasteiger partial charge >= 0.3 is 5.97 Å². The fourth-order valence-electron chi connectivity index (χ4n) is 2.05. The highest BCUT2D eigenvalue weighted by Gasteiger charge is 2.42. The monoisotopic (exact) mass is 220 g/mol. The molecule has 4 heteroatoms. The largest absolute Gasteiger partial charge is 0.455 e. The van der Waals surface area contributed by atoms with Crippen LogP contribution in [0.4, 0.5) is 0 Å². The van der Waals surface area contributed by atoms with E-state index in [1.165, 1.54) is 0 Å². The quantitative estimate of drug-likeness (QED) is 0.664. The molecule has 0 aromatic heterocycles. The Balaban J connectivity index is 1.93. The number of rotatable bonds is 1. The first-order valence-electron chi connectivity index (χ1n) is 5.33. The van der Waals surface area contributed by atoms with Crippen LogP contribution in [0.15, 0.2) is 30.3 Å². The van der Waals surface area contributed by atoms with E-state index in [2.05, 4.69) is 0 Å². The summed E-state index contributed by atoms with van der Waals surface area (Å²) in [4.78, 5) is 11.6. The first-order valence-corrected chi connectivity index (χ1v) is 5.33. The van der Waals surface area contributed by atoms with Crippen LogP contribution >= 0.6 is 0 Å². The molecule has 0 saturated carbocycles. The minimum atomic E-state index is -0.624. The van der Waals surface area contributed by atoms with E-state index in [1.807, 2.05) is 30.3 Å². The van der Waals surface area contributed by atoms with Gasteiger partial charge in [-0.2, -0.15) is 0 Å². The van der Waals surface area contributed by atoms with Gasteiger partial charge in [-0.05, 0) is 5.56 Å². The van der Waals surface area contributed by atoms with Gasteiger partial charge < -0.3 is 14.2 Å². The molecule has 3 aliphatic heterocycles. The van der Waals surface area contributed by atoms with Gasteiger partial charge in [0, 0.05) is 0 Å². The summed E-state index contributed by atoms with van der Waals surface area (Å²) in [5.41, 5.74) is 0.951. The third kappa shape index (κ3) is 1.60. The second-order valence-corrected chi connectivity index (χ2v) is 3.98. The zero-order valence-corrected chi connectivity index (χ0v) is 8.67. The van der Waals surface area contributed by atoms with Gasteiger partial charge in [0.1, 0.15) is 12.2 Å². The van der Waals surface area contributed by atoms with Crippen molar-refractivity contribution < 1.29 is 19.0 Å². The lowest BCUT2D eigenvalue weighted by molar-refractivity contribution is -0.180. The Morgan fingerprint density at radius 3 is 2.38 bits per heavy atom. The van der Waals surface area contributed by atoms with E-state index < -0.39 is 6.10 Å². The third-order valence-electron chi connectivity index (χ3n) is 2.84. The van der Waals surface area contributed by atoms with E-state index in [-0.39, 0.29) is 18.2 Å². The van der Waals surface area contributed by atoms with Gasteiger partial charge in [-0.1, -0.05) is 30.3 Å². The summed E-state index contributed by atoms with van der Waals surface area (Å²) >= 11 is 0. The lowest BCUT2D eigenvalue weighted by atomic mass is 10.0. The van der Waals surface area contributed by atoms with Crippen molar-refractivity contribution >= 4 is 5.97 Å². The fourth-order valence-corrected chi connectivity index (χ4v) is 2.05. The molecule has 0 spiro atoms. The Hall–Kier alpha value is -1.39. The average Bonchev–Trinajstić information content (AvgIpc) is 2.61. The first kappa shape index (κ1) is 9.81. The SMILES string of the molecule is O=C1O[C@@H]2CO[C@H]1[C@H](c1ccccc1)OC2. The second-order valence-electron chi connectivity index (χ2n) is 3.98. The molecule has 4 rings (SSSR count). The Kier molecular flexibility index (Phi) is 2.38. The zero-order chi connectivity index (χ0) is 11.0. The third-order valence-corrected chi connectivity index (χ3v) is 2.84. The molecule has 4 nitrogen and oxygen atoms in total. The molecule has 84 valence electrons. The van der Waals surface area contributed by atoms with Crippen LogP contribution < -0.4 is 0 Å². The molecule has 0 unspecified atom stereocenters. The highest BCUT2D eigenvalue weighted by atomic mass is 16.7. The molecule has 0 radical (unpaired) electrons. The zero-order valence-electron chi connectivity index (χ0n) is 8.67. The smallest absolute Gasteiger partial charge is 0.338 e. The van der Waals surface area contributed by atoms with E-state index in [0.717, 1.165) is 5.56 Å². The summed E-state index contributed by atoms with van der Waals surface area (Å²) in [6.07, 6.45) is -1.22. The Morgan fingerprint density at radius 2 is 1.69 bits per heavy atom. The van der Waals surface area contributed by atoms with Crippen molar-refractivity contribution in [2.45, 2.75) is 18.3 Å². The minimum absolute atomic E-state index is 0.252. The molecule has 3 aliphatic rings. The van der Waals surface area contributed by atoms with E-state index in [9.17, 15) is 4.79 Å². The van der Waals surface area contributed by atoms with Crippen molar-refractivity contribution in [2.75, 3.05) is 13.2 Å². The molecule has 3 heterocycles. The summed E-state index contributed by atoms with van der Waals surface area (Å²) in [6.45, 7) is 0.835. The Labute approximate surface area is 93.1 Å². The summed E-state index contributed by atoms with van der Waals surface area (Å²) < 4.78 is 16.3. The molecule has 0 aliphatic carbocycles. The van der Waals surface area contributed by atoms with Crippen molar-refractivity contribution in [3.05, 3.63) is 35.9 Å². The normalized spacial score (nSPS) is 33.2. The van der Waals surface area contributed by atoms with Crippen molar-refractivity contribution in [3.63, 3.8) is 0 Å². The van der Waals surface area contributed by atoms with E-state index in [1.54, 1.807) is 0 Å². The molecular formula is C12H12O4. The van der Waals surface area contributed by atoms with Crippen molar-refractivity contribution in [3.8, 4) is 0 Å². The van der Waals surface area contributed by atoms with E-state index in [4.69, 9.17) is 14.2 Å². The lowest BCUT2D eigenvalue weighted by Crippen LogP contribution is -2.40. The number of carbonyl (C=O) groups is 1. The number of hydrogen-bond donors (Lipinski definition) is 0. The molecule has 1 aromatic carbocycles. The summed E-state index contributed by atoms with van der Waals surface area (Å²) in [6, 6.07) is 9.62. The number of ether oxygens (including phenoxy) is 3. The van der Waals surface area contributed by atoms with Gasteiger partial charge in [0.25, 0.3) is 0 Å². The topological polar surface area (TPSA) is 44.8 Å². The number of benzene rings is 1. The summed E-state index contributed by atoms with van der Waals surface area (Å²) in [7, 11) is 0. The molecular weight excluding hydrogens is 208 g/mol. The van der Waals surface area contributed by atoms with E-state index >= 15 is 0 Å². The van der Waals surface area contributed by atoms with Crippen molar-refractivity contribution in [1.82, 2.24) is 0 Å². The Bertz CT molecular complexity index is 389. The average molecular weight is 220 g/mol. The van der Waals surface area contributed by atoms with Crippen LogP contribution in [-0.2, 0) is 19.0 Å². The molecule has 2 bridgehead atoms. The van der Waals surface area contributed by atoms with Crippen LogP contribution in [0, 0.1) is 0 Å². The number of carbonyl (C=O) groups excluding carboxylic acids is 1. The maximum atomic E-state index is 11.6. The molecule has 0 N–H and O–H groups in total. The van der Waals surface area contributed by atoms with Crippen molar-refractivity contribution in [1.29, 1.82) is 0 Å². The molecule has 16 heavy (non-hydrogen) atoms. The summed E-state index contributed by atoms with van der Waals surface area (Å²) in [5.74, 6) is -0.317. The molecule has 1 aromatic rings. The van der Waals surface area contributed by atoms with Gasteiger partial charge in [0.2, 0.25) is 0 Å². The predicted octanol–water partition coefficient (Wildman–Crippen LogP) is 1.07. The van der Waals surface area contributed by atoms with Crippen LogP contribution in [0.1, 0.15) is 11.7 Å². The van der Waals surface area contributed by atoms with Gasteiger partial charge in [-0.25, -0.2) is 4.79 Å². The number of hydrogen-bond acceptors (Lipinski definition) is 4. The maximum absolute atomic E-state index is 11.6. The van der Waals surface area contributed by atoms with Crippen LogP contribution in [0.5, 0.6) is 0 Å². The Morgan fingerprint density at radius 1 is 1.00 bits per heavy atom. The lowest BCUT2D eigenvalue weighted by Gasteiger charge is -2.25. The first-order chi connectivity index (χ1) is 7.84. The fraction of sp³-hybridized carbons (Fsp3) is 0.417. The number of fused-ring (bicyclic) bond motifs is 4. The van der Waals surface area contributed by atoms with E-state index in [0.29, 0.717) is 13.2 Å². The predicted molar refractivity (Wildman–Crippen MR) is 54.8 cm³/mol. The van der Waals surface area contributed by atoms with Gasteiger partial charge in [-0.15, -0.1) is 0 Å². The van der Waals surface area contributed by atoms with Crippen molar-refractivity contribution in [2.24, 2.45) is 0 Å². The maximum Gasteiger partial charge on any atom is 0.338 e. The molecule has 3 atom stereocenters. The molecule has 3 fully saturated rings. The standard InChI is InChI=1S/C12H12O4/c13-12-11-10(8-4-2-1-3-5-8)14-6-9(16-12)7-15-11/h1-5,9-11H,6-7H2/t9-,10-,11-/m0/s1. The molecule has 3 saturated heterocycles. The van der Waals surface area contributed by atoms with Crippen LogP contribution in [-0.4, -0.2) is 31.4 Å². The van der Waals surface area contributed by atoms with Crippen LogP contribution in [0.2, 0.25) is 0 Å². The minimum Gasteiger partial charge on any atom is -0.455 e. The van der Waals surface area contributed by atoms with Crippen LogP contribution in [0.25, 0.3) is 0 Å². The van der Waals surface area contributed by atoms with Gasteiger partial charge in [0.15, 0.2) is 6.10 Å². The van der Waals surface area contributed by atoms with Gasteiger partial charge in [0.05, 0.1) is 13.2 Å². The number of esters is 1. The van der Waals surface area contributed by atoms with Gasteiger partial charge in [-0.3, -0.25) is 0 Å². The van der Waals surface area contributed by atoms with Crippen LogP contribution in [0.3, 0.4) is 0 Å². The highest BCUT2D eigenvalue weighted by molar-refractivity contribution is 5.76.